The number of Topliss-reactive ketones (excluding diaryl/α,β-unsaturated/α-hetero) is 1. The Hall–Kier alpha value is -3.96. The molecule has 2 unspecified atom stereocenters. The number of ketones is 1. The predicted octanol–water partition coefficient (Wildman–Crippen LogP) is 2.64. The monoisotopic (exact) mass is 518 g/mol. The van der Waals surface area contributed by atoms with Crippen molar-refractivity contribution in [3.8, 4) is 0 Å². The van der Waals surface area contributed by atoms with Crippen LogP contribution in [0, 0.1) is 0 Å². The summed E-state index contributed by atoms with van der Waals surface area (Å²) < 4.78 is 15.3. The molecule has 2 atom stereocenters. The summed E-state index contributed by atoms with van der Waals surface area (Å²) in [5.41, 5.74) is -0.590. The Kier molecular flexibility index (Phi) is 8.51. The molecule has 2 saturated heterocycles. The number of nitrogens with zero attached hydrogens (tertiary/aromatic N) is 2. The third-order valence-corrected chi connectivity index (χ3v) is 5.90. The molecule has 2 aliphatic heterocycles. The number of amides is 2. The molecule has 1 aromatic carbocycles. The summed E-state index contributed by atoms with van der Waals surface area (Å²) in [5.74, 6) is -3.16. The Bertz CT molecular complexity index is 1080. The molecule has 0 radical (unpaired) electrons. The molecule has 12 heteroatoms. The van der Waals surface area contributed by atoms with Gasteiger partial charge in [0, 0.05) is 18.7 Å². The van der Waals surface area contributed by atoms with E-state index in [0.717, 1.165) is 4.90 Å². The van der Waals surface area contributed by atoms with Gasteiger partial charge in [0.05, 0.1) is 5.56 Å². The van der Waals surface area contributed by atoms with E-state index in [1.165, 1.54) is 29.2 Å². The fourth-order valence-corrected chi connectivity index (χ4v) is 4.12. The first-order valence-electron chi connectivity index (χ1n) is 11.9. The smallest absolute Gasteiger partial charge is 0.411 e. The van der Waals surface area contributed by atoms with E-state index in [2.05, 4.69) is 0 Å². The van der Waals surface area contributed by atoms with Crippen molar-refractivity contribution in [3.63, 3.8) is 0 Å². The molecule has 200 valence electrons. The lowest BCUT2D eigenvalue weighted by Crippen LogP contribution is -2.44. The van der Waals surface area contributed by atoms with Crippen molar-refractivity contribution in [1.82, 2.24) is 9.80 Å². The molecule has 2 amide bonds. The highest BCUT2D eigenvalue weighted by Gasteiger charge is 2.39. The van der Waals surface area contributed by atoms with E-state index in [-0.39, 0.29) is 17.7 Å². The van der Waals surface area contributed by atoms with E-state index in [1.54, 1.807) is 20.8 Å². The Labute approximate surface area is 213 Å². The van der Waals surface area contributed by atoms with Gasteiger partial charge in [-0.3, -0.25) is 14.6 Å². The van der Waals surface area contributed by atoms with Crippen molar-refractivity contribution in [2.24, 2.45) is 0 Å². The van der Waals surface area contributed by atoms with E-state index in [0.29, 0.717) is 32.2 Å². The van der Waals surface area contributed by atoms with Gasteiger partial charge in [-0.15, -0.1) is 0 Å². The third kappa shape index (κ3) is 7.05. The van der Waals surface area contributed by atoms with Crippen molar-refractivity contribution < 1.29 is 48.1 Å². The molecular formula is C25H30N2O10. The largest absolute Gasteiger partial charge is 0.465 e. The standard InChI is InChI=1S/C25H30N2O10/c1-25(2,3)37-24(34)27-13-5-7-18(27)22(31)36-20(29)16-10-8-15(9-11-16)19(28)14-35-21(30)17-6-4-12-26(17)23(32)33/h8-11,17-18H,4-7,12-14H2,1-3H3,(H,32,33). The third-order valence-electron chi connectivity index (χ3n) is 5.90. The Morgan fingerprint density at radius 3 is 1.97 bits per heavy atom. The van der Waals surface area contributed by atoms with E-state index >= 15 is 0 Å². The van der Waals surface area contributed by atoms with Crippen LogP contribution in [0.1, 0.15) is 67.2 Å². The number of hydrogen-bond acceptors (Lipinski definition) is 9. The first-order chi connectivity index (χ1) is 17.4. The lowest BCUT2D eigenvalue weighted by molar-refractivity contribution is -0.147. The fraction of sp³-hybridized carbons (Fsp3) is 0.520. The Morgan fingerprint density at radius 1 is 0.865 bits per heavy atom. The molecule has 0 aliphatic carbocycles. The van der Waals surface area contributed by atoms with Crippen LogP contribution in [0.5, 0.6) is 0 Å². The van der Waals surface area contributed by atoms with Gasteiger partial charge in [0.1, 0.15) is 17.7 Å². The molecule has 2 aliphatic rings. The second-order valence-electron chi connectivity index (χ2n) is 9.78. The summed E-state index contributed by atoms with van der Waals surface area (Å²) in [4.78, 5) is 75.4. The fourth-order valence-electron chi connectivity index (χ4n) is 4.12. The van der Waals surface area contributed by atoms with Crippen molar-refractivity contribution in [3.05, 3.63) is 35.4 Å². The molecule has 0 bridgehead atoms. The molecule has 12 nitrogen and oxygen atoms in total. The average Bonchev–Trinajstić information content (AvgIpc) is 3.51. The SMILES string of the molecule is CC(C)(C)OC(=O)N1CCCC1C(=O)OC(=O)c1ccc(C(=O)COC(=O)C2CCCN2C(=O)O)cc1. The average molecular weight is 519 g/mol. The Morgan fingerprint density at radius 2 is 1.41 bits per heavy atom. The maximum Gasteiger partial charge on any atom is 0.411 e. The highest BCUT2D eigenvalue weighted by molar-refractivity contribution is 6.01. The van der Waals surface area contributed by atoms with Crippen LogP contribution in [0.2, 0.25) is 0 Å². The first kappa shape index (κ1) is 27.6. The van der Waals surface area contributed by atoms with E-state index < -0.39 is 60.2 Å². The van der Waals surface area contributed by atoms with Gasteiger partial charge in [-0.2, -0.15) is 0 Å². The van der Waals surface area contributed by atoms with Crippen LogP contribution in [-0.4, -0.2) is 88.2 Å². The molecule has 37 heavy (non-hydrogen) atoms. The van der Waals surface area contributed by atoms with Crippen LogP contribution in [0.15, 0.2) is 24.3 Å². The van der Waals surface area contributed by atoms with Gasteiger partial charge < -0.3 is 19.3 Å². The molecule has 1 aromatic rings. The molecule has 2 heterocycles. The van der Waals surface area contributed by atoms with Crippen molar-refractivity contribution in [2.75, 3.05) is 19.7 Å². The number of rotatable bonds is 6. The predicted molar refractivity (Wildman–Crippen MR) is 126 cm³/mol. The molecule has 3 rings (SSSR count). The summed E-state index contributed by atoms with van der Waals surface area (Å²) >= 11 is 0. The Balaban J connectivity index is 1.53. The lowest BCUT2D eigenvalue weighted by atomic mass is 10.1. The quantitative estimate of drug-likeness (QED) is 0.257. The van der Waals surface area contributed by atoms with Gasteiger partial charge in [0.25, 0.3) is 0 Å². The first-order valence-corrected chi connectivity index (χ1v) is 11.9. The number of carboxylic acid groups (broad SMARTS) is 1. The molecule has 2 fully saturated rings. The van der Waals surface area contributed by atoms with Gasteiger partial charge in [-0.25, -0.2) is 24.0 Å². The second kappa shape index (κ2) is 11.4. The highest BCUT2D eigenvalue weighted by Crippen LogP contribution is 2.23. The van der Waals surface area contributed by atoms with Crippen LogP contribution in [0.25, 0.3) is 0 Å². The summed E-state index contributed by atoms with van der Waals surface area (Å²) in [6, 6.07) is 3.33. The molecular weight excluding hydrogens is 488 g/mol. The summed E-state index contributed by atoms with van der Waals surface area (Å²) in [7, 11) is 0. The normalized spacial score (nSPS) is 19.3. The number of hydrogen-bond donors (Lipinski definition) is 1. The topological polar surface area (TPSA) is 157 Å². The number of likely N-dealkylation sites (tertiary alicyclic amines) is 2. The van der Waals surface area contributed by atoms with Crippen molar-refractivity contribution >= 4 is 35.9 Å². The number of benzene rings is 1. The van der Waals surface area contributed by atoms with Gasteiger partial charge in [-0.05, 0) is 58.6 Å². The number of ether oxygens (including phenoxy) is 3. The summed E-state index contributed by atoms with van der Waals surface area (Å²) in [6.45, 7) is 5.06. The number of carbonyl (C=O) groups is 6. The van der Waals surface area contributed by atoms with E-state index in [4.69, 9.17) is 19.3 Å². The van der Waals surface area contributed by atoms with Crippen molar-refractivity contribution in [2.45, 2.75) is 64.1 Å². The van der Waals surface area contributed by atoms with Crippen molar-refractivity contribution in [1.29, 1.82) is 0 Å². The molecule has 1 N–H and O–H groups in total. The number of esters is 3. The zero-order chi connectivity index (χ0) is 27.3. The number of carbonyl (C=O) groups excluding carboxylic acids is 5. The van der Waals surface area contributed by atoms with Gasteiger partial charge in [0.15, 0.2) is 12.4 Å². The summed E-state index contributed by atoms with van der Waals surface area (Å²) in [6.07, 6.45) is -0.138. The van der Waals surface area contributed by atoms with E-state index in [9.17, 15) is 28.8 Å². The molecule has 0 aromatic heterocycles. The minimum atomic E-state index is -1.22. The lowest BCUT2D eigenvalue weighted by Gasteiger charge is -2.27. The molecule has 0 spiro atoms. The van der Waals surface area contributed by atoms with Crippen LogP contribution in [-0.2, 0) is 23.8 Å². The zero-order valence-electron chi connectivity index (χ0n) is 20.9. The van der Waals surface area contributed by atoms with E-state index in [1.807, 2.05) is 0 Å². The van der Waals surface area contributed by atoms with Crippen LogP contribution in [0.4, 0.5) is 9.59 Å². The summed E-state index contributed by atoms with van der Waals surface area (Å²) in [5, 5.41) is 9.12. The minimum Gasteiger partial charge on any atom is -0.465 e. The van der Waals surface area contributed by atoms with Crippen LogP contribution >= 0.6 is 0 Å². The minimum absolute atomic E-state index is 0.00626. The van der Waals surface area contributed by atoms with Crippen LogP contribution < -0.4 is 0 Å². The van der Waals surface area contributed by atoms with Gasteiger partial charge >= 0.3 is 30.1 Å². The van der Waals surface area contributed by atoms with Gasteiger partial charge in [0.2, 0.25) is 0 Å². The zero-order valence-corrected chi connectivity index (χ0v) is 20.9. The second-order valence-corrected chi connectivity index (χ2v) is 9.78. The van der Waals surface area contributed by atoms with Crippen LogP contribution in [0.3, 0.4) is 0 Å². The maximum absolute atomic E-state index is 12.6. The molecule has 0 saturated carbocycles. The van der Waals surface area contributed by atoms with Gasteiger partial charge in [-0.1, -0.05) is 12.1 Å². The highest BCUT2D eigenvalue weighted by atomic mass is 16.6. The maximum atomic E-state index is 12.6.